The predicted octanol–water partition coefficient (Wildman–Crippen LogP) is 6.39. The van der Waals surface area contributed by atoms with Gasteiger partial charge in [0, 0.05) is 37.3 Å². The fraction of sp³-hybridized carbons (Fsp3) is 0.552. The first-order valence-corrected chi connectivity index (χ1v) is 14.7. The van der Waals surface area contributed by atoms with Crippen LogP contribution in [0.1, 0.15) is 43.2 Å². The molecule has 0 aromatic heterocycles. The standard InChI is InChI=1S/C20H28FNO4S.C9H5F7/c1-14-11-16(3-4-18(14)21)27(25)17-7-10-22(12-17)19(24)20(26-2)8-5-15(13-23)6-9-20;10-7(8(11,12)13,9(14,15)16)6-4-2-1-3-5-6/h3-4,11,15,17,23H,5-10,12-13H2,1-2H3;1-5H. The number of benzene rings is 2. The summed E-state index contributed by atoms with van der Waals surface area (Å²) in [5, 5.41) is 9.18. The molecule has 1 saturated carbocycles. The van der Waals surface area contributed by atoms with Gasteiger partial charge in [0.15, 0.2) is 0 Å². The van der Waals surface area contributed by atoms with E-state index in [9.17, 15) is 49.2 Å². The van der Waals surface area contributed by atoms with Crippen molar-refractivity contribution in [2.75, 3.05) is 26.8 Å². The predicted molar refractivity (Wildman–Crippen MR) is 143 cm³/mol. The Morgan fingerprint density at radius 1 is 1.00 bits per heavy atom. The average Bonchev–Trinajstić information content (AvgIpc) is 3.47. The molecule has 5 nitrogen and oxygen atoms in total. The topological polar surface area (TPSA) is 66.8 Å². The first kappa shape index (κ1) is 34.9. The van der Waals surface area contributed by atoms with Crippen LogP contribution in [-0.2, 0) is 26.0 Å². The second-order valence-electron chi connectivity index (χ2n) is 10.7. The Labute approximate surface area is 246 Å². The Morgan fingerprint density at radius 2 is 1.58 bits per heavy atom. The first-order valence-electron chi connectivity index (χ1n) is 13.5. The summed E-state index contributed by atoms with van der Waals surface area (Å²) in [5.74, 6) is -0.0997. The molecule has 2 fully saturated rings. The van der Waals surface area contributed by atoms with Crippen molar-refractivity contribution in [1.82, 2.24) is 4.90 Å². The Kier molecular flexibility index (Phi) is 11.0. The summed E-state index contributed by atoms with van der Waals surface area (Å²) in [6.07, 6.45) is -8.68. The zero-order chi connectivity index (χ0) is 32.2. The number of carbonyl (C=O) groups is 1. The summed E-state index contributed by atoms with van der Waals surface area (Å²) in [5.41, 5.74) is -7.16. The first-order chi connectivity index (χ1) is 20.0. The van der Waals surface area contributed by atoms with E-state index in [4.69, 9.17) is 4.74 Å². The van der Waals surface area contributed by atoms with Crippen LogP contribution in [0, 0.1) is 18.7 Å². The zero-order valence-corrected chi connectivity index (χ0v) is 24.3. The molecule has 1 aliphatic heterocycles. The van der Waals surface area contributed by atoms with Gasteiger partial charge < -0.3 is 14.7 Å². The van der Waals surface area contributed by atoms with Crippen LogP contribution in [0.4, 0.5) is 35.1 Å². The molecule has 240 valence electrons. The number of nitrogens with zero attached hydrogens (tertiary/aromatic N) is 1. The molecule has 2 aromatic carbocycles. The lowest BCUT2D eigenvalue weighted by molar-refractivity contribution is -0.348. The number of ether oxygens (including phenoxy) is 1. The van der Waals surface area contributed by atoms with Gasteiger partial charge in [-0.25, -0.2) is 8.78 Å². The molecular formula is C29H33F8NO4S. The molecule has 4 rings (SSSR count). The number of hydrogen-bond acceptors (Lipinski definition) is 4. The van der Waals surface area contributed by atoms with Gasteiger partial charge in [0.1, 0.15) is 11.4 Å². The highest BCUT2D eigenvalue weighted by atomic mass is 32.2. The van der Waals surface area contributed by atoms with Crippen molar-refractivity contribution in [3.05, 3.63) is 65.5 Å². The van der Waals surface area contributed by atoms with Crippen molar-refractivity contribution in [3.8, 4) is 0 Å². The van der Waals surface area contributed by atoms with Crippen LogP contribution < -0.4 is 0 Å². The van der Waals surface area contributed by atoms with Crippen LogP contribution in [0.15, 0.2) is 53.4 Å². The minimum atomic E-state index is -6.05. The third-order valence-corrected chi connectivity index (χ3v) is 9.71. The second-order valence-corrected chi connectivity index (χ2v) is 12.4. The van der Waals surface area contributed by atoms with Gasteiger partial charge in [0.05, 0.1) is 16.0 Å². The molecule has 2 aromatic rings. The highest BCUT2D eigenvalue weighted by molar-refractivity contribution is 7.85. The number of rotatable bonds is 6. The lowest BCUT2D eigenvalue weighted by Gasteiger charge is -2.39. The summed E-state index contributed by atoms with van der Waals surface area (Å²) in [6.45, 7) is 2.79. The molecule has 1 N–H and O–H groups in total. The van der Waals surface area contributed by atoms with Crippen LogP contribution in [0.3, 0.4) is 0 Å². The number of carbonyl (C=O) groups excluding carboxylic acids is 1. The fourth-order valence-corrected chi connectivity index (χ4v) is 6.81. The molecular weight excluding hydrogens is 610 g/mol. The van der Waals surface area contributed by atoms with Crippen LogP contribution >= 0.6 is 0 Å². The summed E-state index contributed by atoms with van der Waals surface area (Å²) in [4.78, 5) is 15.5. The van der Waals surface area contributed by atoms with Crippen molar-refractivity contribution in [1.29, 1.82) is 0 Å². The van der Waals surface area contributed by atoms with Gasteiger partial charge in [-0.05, 0) is 68.7 Å². The summed E-state index contributed by atoms with van der Waals surface area (Å²) in [6, 6.07) is 8.43. The Morgan fingerprint density at radius 3 is 2.07 bits per heavy atom. The number of aryl methyl sites for hydroxylation is 1. The Hall–Kier alpha value is -2.58. The van der Waals surface area contributed by atoms with Crippen LogP contribution in [-0.4, -0.2) is 70.1 Å². The van der Waals surface area contributed by atoms with Crippen LogP contribution in [0.25, 0.3) is 0 Å². The van der Waals surface area contributed by atoms with Crippen molar-refractivity contribution in [2.24, 2.45) is 5.92 Å². The maximum absolute atomic E-state index is 13.5. The molecule has 2 unspecified atom stereocenters. The highest BCUT2D eigenvalue weighted by Crippen LogP contribution is 2.53. The molecule has 2 atom stereocenters. The normalized spacial score (nSPS) is 23.8. The third kappa shape index (κ3) is 7.39. The number of aliphatic hydroxyl groups is 1. The number of aliphatic hydroxyl groups excluding tert-OH is 1. The highest BCUT2D eigenvalue weighted by Gasteiger charge is 2.73. The fourth-order valence-electron chi connectivity index (χ4n) is 5.30. The molecule has 14 heteroatoms. The van der Waals surface area contributed by atoms with Gasteiger partial charge in [0.2, 0.25) is 0 Å². The summed E-state index contributed by atoms with van der Waals surface area (Å²) >= 11 is 0. The molecule has 43 heavy (non-hydrogen) atoms. The maximum Gasteiger partial charge on any atom is 0.435 e. The van der Waals surface area contributed by atoms with Crippen LogP contribution in [0.5, 0.6) is 0 Å². The molecule has 1 heterocycles. The van der Waals surface area contributed by atoms with E-state index in [1.54, 1.807) is 31.1 Å². The molecule has 0 bridgehead atoms. The molecule has 0 radical (unpaired) electrons. The number of methoxy groups -OCH3 is 1. The van der Waals surface area contributed by atoms with Gasteiger partial charge in [0.25, 0.3) is 5.91 Å². The largest absolute Gasteiger partial charge is 0.435 e. The van der Waals surface area contributed by atoms with Crippen LogP contribution in [0.2, 0.25) is 0 Å². The van der Waals surface area contributed by atoms with E-state index < -0.39 is 40.0 Å². The lowest BCUT2D eigenvalue weighted by Crippen LogP contribution is -2.52. The van der Waals surface area contributed by atoms with E-state index in [1.165, 1.54) is 12.1 Å². The Bertz CT molecular complexity index is 1250. The van der Waals surface area contributed by atoms with Crippen molar-refractivity contribution < 1.29 is 54.0 Å². The van der Waals surface area contributed by atoms with E-state index in [2.05, 4.69) is 0 Å². The lowest BCUT2D eigenvalue weighted by atomic mass is 9.78. The number of hydrogen-bond donors (Lipinski definition) is 1. The Balaban J connectivity index is 0.000000271. The second kappa shape index (κ2) is 13.6. The average molecular weight is 644 g/mol. The van der Waals surface area contributed by atoms with Gasteiger partial charge >= 0.3 is 18.0 Å². The SMILES string of the molecule is COC1(C(=O)N2CCC(S(=O)c3ccc(F)c(C)c3)C2)CCC(CO)CC1.FC(F)(F)C(F)(c1ccccc1)C(F)(F)F. The molecule has 1 aliphatic carbocycles. The van der Waals surface area contributed by atoms with Gasteiger partial charge in [-0.2, -0.15) is 26.3 Å². The molecule has 0 spiro atoms. The summed E-state index contributed by atoms with van der Waals surface area (Å²) in [7, 11) is 0.297. The number of alkyl halides is 7. The van der Waals surface area contributed by atoms with E-state index in [1.807, 2.05) is 0 Å². The number of halogens is 8. The van der Waals surface area contributed by atoms with Crippen molar-refractivity contribution in [2.45, 2.75) is 72.8 Å². The minimum Gasteiger partial charge on any atom is -0.396 e. The monoisotopic (exact) mass is 643 g/mol. The van der Waals surface area contributed by atoms with Gasteiger partial charge in [-0.15, -0.1) is 0 Å². The minimum absolute atomic E-state index is 0.0313. The number of amides is 1. The van der Waals surface area contributed by atoms with E-state index in [-0.39, 0.29) is 29.5 Å². The zero-order valence-electron chi connectivity index (χ0n) is 23.5. The van der Waals surface area contributed by atoms with E-state index in [0.717, 1.165) is 25.0 Å². The smallest absolute Gasteiger partial charge is 0.396 e. The molecule has 1 amide bonds. The van der Waals surface area contributed by atoms with E-state index in [0.29, 0.717) is 54.9 Å². The van der Waals surface area contributed by atoms with Crippen molar-refractivity contribution >= 4 is 16.7 Å². The van der Waals surface area contributed by atoms with E-state index >= 15 is 0 Å². The van der Waals surface area contributed by atoms with Gasteiger partial charge in [-0.1, -0.05) is 30.3 Å². The molecule has 1 saturated heterocycles. The third-order valence-electron chi connectivity index (χ3n) is 8.00. The van der Waals surface area contributed by atoms with Gasteiger partial charge in [-0.3, -0.25) is 9.00 Å². The maximum atomic E-state index is 13.5. The quantitative estimate of drug-likeness (QED) is 0.371. The summed E-state index contributed by atoms with van der Waals surface area (Å²) < 4.78 is 118. The van der Waals surface area contributed by atoms with Crippen molar-refractivity contribution in [3.63, 3.8) is 0 Å². The number of likely N-dealkylation sites (tertiary alicyclic amines) is 1. The molecule has 2 aliphatic rings.